The summed E-state index contributed by atoms with van der Waals surface area (Å²) in [6.07, 6.45) is 0. The number of carbonyl (C=O) groups excluding carboxylic acids is 1. The molecule has 134 valence electrons. The molecule has 0 radical (unpaired) electrons. The van der Waals surface area contributed by atoms with E-state index in [4.69, 9.17) is 23.2 Å². The van der Waals surface area contributed by atoms with Crippen LogP contribution in [0.25, 0.3) is 0 Å². The van der Waals surface area contributed by atoms with Gasteiger partial charge >= 0.3 is 0 Å². The third-order valence-electron chi connectivity index (χ3n) is 3.88. The van der Waals surface area contributed by atoms with Crippen molar-refractivity contribution in [2.75, 3.05) is 7.05 Å². The number of halogens is 2. The van der Waals surface area contributed by atoms with Gasteiger partial charge in [0.05, 0.1) is 15.8 Å². The van der Waals surface area contributed by atoms with E-state index in [0.717, 1.165) is 5.56 Å². The van der Waals surface area contributed by atoms with E-state index >= 15 is 0 Å². The van der Waals surface area contributed by atoms with Crippen molar-refractivity contribution >= 4 is 38.9 Å². The van der Waals surface area contributed by atoms with Crippen molar-refractivity contribution in [1.82, 2.24) is 4.90 Å². The predicted molar refractivity (Wildman–Crippen MR) is 101 cm³/mol. The van der Waals surface area contributed by atoms with E-state index in [9.17, 15) is 13.2 Å². The lowest BCUT2D eigenvalue weighted by atomic mass is 10.2. The fraction of sp³-hybridized carbons (Fsp3) is 0.278. The lowest BCUT2D eigenvalue weighted by Gasteiger charge is -2.21. The molecular weight excluding hydrogens is 381 g/mol. The Kier molecular flexibility index (Phi) is 6.49. The maximum absolute atomic E-state index is 12.6. The Hall–Kier alpha value is -1.56. The first-order chi connectivity index (χ1) is 11.7. The van der Waals surface area contributed by atoms with Gasteiger partial charge in [-0.2, -0.15) is 0 Å². The van der Waals surface area contributed by atoms with Crippen LogP contribution in [0.3, 0.4) is 0 Å². The number of carbonyl (C=O) groups is 1. The molecule has 0 heterocycles. The number of nitrogens with zero attached hydrogens (tertiary/aromatic N) is 1. The molecule has 0 spiro atoms. The van der Waals surface area contributed by atoms with Crippen LogP contribution in [0.4, 0.5) is 0 Å². The molecule has 0 saturated carbocycles. The zero-order valence-corrected chi connectivity index (χ0v) is 16.3. The summed E-state index contributed by atoms with van der Waals surface area (Å²) in [4.78, 5) is 13.9. The van der Waals surface area contributed by atoms with Crippen LogP contribution in [0.1, 0.15) is 18.1 Å². The minimum Gasteiger partial charge on any atom is -0.340 e. The van der Waals surface area contributed by atoms with Gasteiger partial charge in [-0.05, 0) is 30.2 Å². The van der Waals surface area contributed by atoms with Crippen molar-refractivity contribution in [1.29, 1.82) is 0 Å². The van der Waals surface area contributed by atoms with E-state index in [1.165, 1.54) is 17.9 Å². The Morgan fingerprint density at radius 3 is 2.28 bits per heavy atom. The van der Waals surface area contributed by atoms with E-state index < -0.39 is 21.0 Å². The summed E-state index contributed by atoms with van der Waals surface area (Å²) in [5.74, 6) is -0.709. The maximum atomic E-state index is 12.6. The first-order valence-corrected chi connectivity index (χ1v) is 10.1. The number of rotatable bonds is 6. The summed E-state index contributed by atoms with van der Waals surface area (Å²) in [7, 11) is -2.07. The summed E-state index contributed by atoms with van der Waals surface area (Å²) in [6.45, 7) is 1.77. The molecule has 0 aliphatic rings. The monoisotopic (exact) mass is 399 g/mol. The van der Waals surface area contributed by atoms with E-state index in [1.807, 2.05) is 30.3 Å². The Morgan fingerprint density at radius 1 is 1.04 bits per heavy atom. The Labute approximate surface area is 158 Å². The first kappa shape index (κ1) is 19.8. The highest BCUT2D eigenvalue weighted by Crippen LogP contribution is 2.24. The topological polar surface area (TPSA) is 54.5 Å². The van der Waals surface area contributed by atoms with Crippen molar-refractivity contribution in [3.8, 4) is 0 Å². The van der Waals surface area contributed by atoms with E-state index in [0.29, 0.717) is 17.1 Å². The van der Waals surface area contributed by atoms with Crippen molar-refractivity contribution in [3.05, 3.63) is 69.7 Å². The van der Waals surface area contributed by atoms with Gasteiger partial charge in [0.15, 0.2) is 9.84 Å². The second kappa shape index (κ2) is 8.21. The summed E-state index contributed by atoms with van der Waals surface area (Å²) < 4.78 is 25.1. The van der Waals surface area contributed by atoms with Gasteiger partial charge < -0.3 is 4.90 Å². The molecule has 1 amide bonds. The molecule has 7 heteroatoms. The zero-order valence-electron chi connectivity index (χ0n) is 13.9. The Bertz CT molecular complexity index is 854. The second-order valence-electron chi connectivity index (χ2n) is 5.88. The molecule has 1 unspecified atom stereocenters. The fourth-order valence-corrected chi connectivity index (χ4v) is 4.09. The average Bonchev–Trinajstić information content (AvgIpc) is 2.57. The van der Waals surface area contributed by atoms with Gasteiger partial charge in [0, 0.05) is 13.6 Å². The van der Waals surface area contributed by atoms with Crippen LogP contribution in [0.5, 0.6) is 0 Å². The minimum atomic E-state index is -3.67. The van der Waals surface area contributed by atoms with Crippen LogP contribution in [0.15, 0.2) is 48.5 Å². The zero-order chi connectivity index (χ0) is 18.6. The van der Waals surface area contributed by atoms with Gasteiger partial charge in [-0.15, -0.1) is 0 Å². The normalized spacial score (nSPS) is 12.6. The quantitative estimate of drug-likeness (QED) is 0.738. The van der Waals surface area contributed by atoms with E-state index in [1.54, 1.807) is 19.2 Å². The molecule has 0 aliphatic heterocycles. The standard InChI is InChI=1S/C18H19Cl2NO3S/c1-13(18(22)21(2)11-14-6-4-3-5-7-14)25(23,24)12-15-8-9-16(19)17(20)10-15/h3-10,13H,11-12H2,1-2H3. The molecule has 25 heavy (non-hydrogen) atoms. The molecule has 4 nitrogen and oxygen atoms in total. The number of amides is 1. The van der Waals surface area contributed by atoms with Crippen LogP contribution in [-0.4, -0.2) is 31.5 Å². The van der Waals surface area contributed by atoms with Gasteiger partial charge in [-0.3, -0.25) is 4.79 Å². The van der Waals surface area contributed by atoms with Crippen LogP contribution in [0.2, 0.25) is 10.0 Å². The van der Waals surface area contributed by atoms with Gasteiger partial charge in [0.2, 0.25) is 5.91 Å². The highest BCUT2D eigenvalue weighted by atomic mass is 35.5. The van der Waals surface area contributed by atoms with Crippen molar-refractivity contribution < 1.29 is 13.2 Å². The number of hydrogen-bond donors (Lipinski definition) is 0. The van der Waals surface area contributed by atoms with Gasteiger partial charge in [-0.25, -0.2) is 8.42 Å². The summed E-state index contributed by atoms with van der Waals surface area (Å²) in [5, 5.41) is -0.500. The molecule has 0 N–H and O–H groups in total. The largest absolute Gasteiger partial charge is 0.340 e. The Morgan fingerprint density at radius 2 is 1.68 bits per heavy atom. The van der Waals surface area contributed by atoms with E-state index in [-0.39, 0.29) is 10.8 Å². The summed E-state index contributed by atoms with van der Waals surface area (Å²) >= 11 is 11.8. The molecule has 0 saturated heterocycles. The number of sulfone groups is 1. The summed E-state index contributed by atoms with van der Waals surface area (Å²) in [5.41, 5.74) is 1.44. The maximum Gasteiger partial charge on any atom is 0.240 e. The third-order valence-corrected chi connectivity index (χ3v) is 6.63. The highest BCUT2D eigenvalue weighted by Gasteiger charge is 2.30. The molecule has 0 aromatic heterocycles. The lowest BCUT2D eigenvalue weighted by Crippen LogP contribution is -2.39. The first-order valence-electron chi connectivity index (χ1n) is 7.65. The molecule has 2 aromatic carbocycles. The summed E-state index contributed by atoms with van der Waals surface area (Å²) in [6, 6.07) is 14.1. The average molecular weight is 400 g/mol. The minimum absolute atomic E-state index is 0.268. The SMILES string of the molecule is CC(C(=O)N(C)Cc1ccccc1)S(=O)(=O)Cc1ccc(Cl)c(Cl)c1. The molecule has 2 aromatic rings. The van der Waals surface area contributed by atoms with Crippen LogP contribution in [-0.2, 0) is 26.9 Å². The third kappa shape index (κ3) is 5.21. The number of hydrogen-bond acceptors (Lipinski definition) is 3. The smallest absolute Gasteiger partial charge is 0.240 e. The molecule has 2 rings (SSSR count). The van der Waals surface area contributed by atoms with Gasteiger partial charge in [-0.1, -0.05) is 59.6 Å². The second-order valence-corrected chi connectivity index (χ2v) is 9.01. The van der Waals surface area contributed by atoms with Crippen LogP contribution in [0, 0.1) is 0 Å². The van der Waals surface area contributed by atoms with Gasteiger partial charge in [0.25, 0.3) is 0 Å². The molecule has 0 fully saturated rings. The van der Waals surface area contributed by atoms with Gasteiger partial charge in [0.1, 0.15) is 5.25 Å². The predicted octanol–water partition coefficient (Wildman–Crippen LogP) is 3.96. The lowest BCUT2D eigenvalue weighted by molar-refractivity contribution is -0.129. The Balaban J connectivity index is 2.09. The van der Waals surface area contributed by atoms with Crippen LogP contribution >= 0.6 is 23.2 Å². The molecule has 1 atom stereocenters. The van der Waals surface area contributed by atoms with E-state index in [2.05, 4.69) is 0 Å². The van der Waals surface area contributed by atoms with Crippen molar-refractivity contribution in [3.63, 3.8) is 0 Å². The van der Waals surface area contributed by atoms with Crippen molar-refractivity contribution in [2.24, 2.45) is 0 Å². The molecule has 0 bridgehead atoms. The molecule has 0 aliphatic carbocycles. The van der Waals surface area contributed by atoms with Crippen LogP contribution < -0.4 is 0 Å². The number of benzene rings is 2. The fourth-order valence-electron chi connectivity index (χ4n) is 2.39. The highest BCUT2D eigenvalue weighted by molar-refractivity contribution is 7.92. The van der Waals surface area contributed by atoms with Crippen molar-refractivity contribution in [2.45, 2.75) is 24.5 Å². The molecular formula is C18H19Cl2NO3S.